The van der Waals surface area contributed by atoms with E-state index in [4.69, 9.17) is 10.8 Å². The van der Waals surface area contributed by atoms with Crippen molar-refractivity contribution in [2.75, 3.05) is 17.7 Å². The molecule has 5 nitrogen and oxygen atoms in total. The highest BCUT2D eigenvalue weighted by Crippen LogP contribution is 2.26. The van der Waals surface area contributed by atoms with Crippen molar-refractivity contribution >= 4 is 17.3 Å². The van der Waals surface area contributed by atoms with E-state index in [0.717, 1.165) is 5.56 Å². The van der Waals surface area contributed by atoms with Crippen molar-refractivity contribution in [3.63, 3.8) is 0 Å². The Bertz CT molecular complexity index is 584. The van der Waals surface area contributed by atoms with E-state index in [2.05, 4.69) is 4.98 Å². The van der Waals surface area contributed by atoms with Crippen LogP contribution < -0.4 is 10.6 Å². The van der Waals surface area contributed by atoms with Gasteiger partial charge in [0.1, 0.15) is 0 Å². The summed E-state index contributed by atoms with van der Waals surface area (Å²) in [6.07, 6.45) is 3.44. The molecule has 2 aromatic rings. The van der Waals surface area contributed by atoms with Crippen LogP contribution in [0.15, 0.2) is 42.7 Å². The number of carboxylic acids is 1. The minimum Gasteiger partial charge on any atom is -0.478 e. The molecule has 0 aliphatic rings. The molecule has 0 fully saturated rings. The predicted octanol–water partition coefficient (Wildman–Crippen LogP) is 2.00. The number of aromatic carboxylic acids is 1. The highest BCUT2D eigenvalue weighted by Gasteiger charge is 2.13. The average Bonchev–Trinajstić information content (AvgIpc) is 2.39. The number of benzene rings is 1. The fourth-order valence-corrected chi connectivity index (χ4v) is 1.92. The van der Waals surface area contributed by atoms with Crippen molar-refractivity contribution in [2.45, 2.75) is 6.54 Å². The molecule has 98 valence electrons. The molecule has 0 unspecified atom stereocenters. The second kappa shape index (κ2) is 5.39. The number of carboxylic acid groups (broad SMARTS) is 1. The fraction of sp³-hybridized carbons (Fsp3) is 0.143. The molecule has 0 aliphatic carbocycles. The standard InChI is InChI=1S/C14H15N3O2/c1-17(9-10-5-7-16-8-6-10)12-4-2-3-11(13(12)15)14(18)19/h2-8H,9,15H2,1H3,(H,18,19). The number of para-hydroxylation sites is 1. The summed E-state index contributed by atoms with van der Waals surface area (Å²) in [5, 5.41) is 9.05. The maximum absolute atomic E-state index is 11.0. The van der Waals surface area contributed by atoms with Crippen LogP contribution in [-0.2, 0) is 6.54 Å². The lowest BCUT2D eigenvalue weighted by Crippen LogP contribution is -2.19. The summed E-state index contributed by atoms with van der Waals surface area (Å²) in [6, 6.07) is 8.82. The lowest BCUT2D eigenvalue weighted by Gasteiger charge is -2.21. The van der Waals surface area contributed by atoms with Gasteiger partial charge in [-0.25, -0.2) is 4.79 Å². The van der Waals surface area contributed by atoms with Crippen LogP contribution in [0.3, 0.4) is 0 Å². The van der Waals surface area contributed by atoms with Crippen LogP contribution in [0.5, 0.6) is 0 Å². The summed E-state index contributed by atoms with van der Waals surface area (Å²) in [5.74, 6) is -1.02. The molecule has 5 heteroatoms. The topological polar surface area (TPSA) is 79.5 Å². The Kier molecular flexibility index (Phi) is 3.66. The van der Waals surface area contributed by atoms with E-state index in [0.29, 0.717) is 12.2 Å². The molecular weight excluding hydrogens is 242 g/mol. The summed E-state index contributed by atoms with van der Waals surface area (Å²) >= 11 is 0. The van der Waals surface area contributed by atoms with Crippen molar-refractivity contribution < 1.29 is 9.90 Å². The van der Waals surface area contributed by atoms with E-state index in [-0.39, 0.29) is 11.3 Å². The van der Waals surface area contributed by atoms with Gasteiger partial charge < -0.3 is 15.7 Å². The first kappa shape index (κ1) is 12.9. The first-order valence-corrected chi connectivity index (χ1v) is 5.81. The van der Waals surface area contributed by atoms with E-state index in [1.165, 1.54) is 6.07 Å². The Morgan fingerprint density at radius 3 is 2.63 bits per heavy atom. The zero-order valence-electron chi connectivity index (χ0n) is 10.6. The number of aromatic nitrogens is 1. The Morgan fingerprint density at radius 1 is 1.32 bits per heavy atom. The van der Waals surface area contributed by atoms with Crippen LogP contribution in [0.4, 0.5) is 11.4 Å². The Balaban J connectivity index is 2.27. The fourth-order valence-electron chi connectivity index (χ4n) is 1.92. The molecule has 19 heavy (non-hydrogen) atoms. The molecule has 0 saturated carbocycles. The molecule has 2 rings (SSSR count). The molecule has 0 amide bonds. The van der Waals surface area contributed by atoms with E-state index >= 15 is 0 Å². The van der Waals surface area contributed by atoms with E-state index in [1.54, 1.807) is 18.5 Å². The van der Waals surface area contributed by atoms with Gasteiger partial charge in [0, 0.05) is 26.0 Å². The van der Waals surface area contributed by atoms with Gasteiger partial charge in [0.15, 0.2) is 0 Å². The zero-order chi connectivity index (χ0) is 13.8. The number of hydrogen-bond acceptors (Lipinski definition) is 4. The lowest BCUT2D eigenvalue weighted by molar-refractivity contribution is 0.0698. The lowest BCUT2D eigenvalue weighted by atomic mass is 10.1. The van der Waals surface area contributed by atoms with Gasteiger partial charge in [-0.1, -0.05) is 6.07 Å². The number of pyridine rings is 1. The predicted molar refractivity (Wildman–Crippen MR) is 74.2 cm³/mol. The minimum absolute atomic E-state index is 0.124. The van der Waals surface area contributed by atoms with E-state index in [1.807, 2.05) is 30.1 Å². The van der Waals surface area contributed by atoms with Crippen LogP contribution in [0.1, 0.15) is 15.9 Å². The van der Waals surface area contributed by atoms with E-state index < -0.39 is 5.97 Å². The van der Waals surface area contributed by atoms with Gasteiger partial charge in [-0.05, 0) is 29.8 Å². The van der Waals surface area contributed by atoms with Gasteiger partial charge >= 0.3 is 5.97 Å². The molecule has 0 atom stereocenters. The number of nitrogen functional groups attached to an aromatic ring is 1. The number of rotatable bonds is 4. The largest absolute Gasteiger partial charge is 0.478 e. The van der Waals surface area contributed by atoms with Gasteiger partial charge in [-0.2, -0.15) is 0 Å². The number of hydrogen-bond donors (Lipinski definition) is 2. The van der Waals surface area contributed by atoms with Crippen LogP contribution in [-0.4, -0.2) is 23.1 Å². The minimum atomic E-state index is -1.02. The molecular formula is C14H15N3O2. The quantitative estimate of drug-likeness (QED) is 0.819. The Hall–Kier alpha value is -2.56. The third-order valence-electron chi connectivity index (χ3n) is 2.89. The summed E-state index contributed by atoms with van der Waals surface area (Å²) in [4.78, 5) is 16.9. The number of carbonyl (C=O) groups is 1. The molecule has 3 N–H and O–H groups in total. The molecule has 0 bridgehead atoms. The van der Waals surface area contributed by atoms with Gasteiger partial charge in [0.2, 0.25) is 0 Å². The molecule has 0 radical (unpaired) electrons. The SMILES string of the molecule is CN(Cc1ccncc1)c1cccc(C(=O)O)c1N. The third-order valence-corrected chi connectivity index (χ3v) is 2.89. The first-order chi connectivity index (χ1) is 9.09. The number of nitrogens with two attached hydrogens (primary N) is 1. The van der Waals surface area contributed by atoms with Gasteiger partial charge in [-0.15, -0.1) is 0 Å². The molecule has 0 aliphatic heterocycles. The third kappa shape index (κ3) is 2.82. The summed E-state index contributed by atoms with van der Waals surface area (Å²) in [6.45, 7) is 0.635. The average molecular weight is 257 g/mol. The second-order valence-corrected chi connectivity index (χ2v) is 4.26. The summed E-state index contributed by atoms with van der Waals surface area (Å²) < 4.78 is 0. The molecule has 0 saturated heterocycles. The monoisotopic (exact) mass is 257 g/mol. The smallest absolute Gasteiger partial charge is 0.337 e. The van der Waals surface area contributed by atoms with Crippen LogP contribution >= 0.6 is 0 Å². The van der Waals surface area contributed by atoms with Gasteiger partial charge in [-0.3, -0.25) is 4.98 Å². The highest BCUT2D eigenvalue weighted by molar-refractivity contribution is 5.97. The van der Waals surface area contributed by atoms with Gasteiger partial charge in [0.25, 0.3) is 0 Å². The van der Waals surface area contributed by atoms with Crippen molar-refractivity contribution in [2.24, 2.45) is 0 Å². The Labute approximate surface area is 111 Å². The van der Waals surface area contributed by atoms with Crippen molar-refractivity contribution in [3.05, 3.63) is 53.9 Å². The van der Waals surface area contributed by atoms with E-state index in [9.17, 15) is 4.79 Å². The highest BCUT2D eigenvalue weighted by atomic mass is 16.4. The van der Waals surface area contributed by atoms with Crippen molar-refractivity contribution in [1.82, 2.24) is 4.98 Å². The van der Waals surface area contributed by atoms with Crippen molar-refractivity contribution in [1.29, 1.82) is 0 Å². The molecule has 0 spiro atoms. The second-order valence-electron chi connectivity index (χ2n) is 4.26. The van der Waals surface area contributed by atoms with Gasteiger partial charge in [0.05, 0.1) is 16.9 Å². The van der Waals surface area contributed by atoms with Crippen LogP contribution in [0.25, 0.3) is 0 Å². The van der Waals surface area contributed by atoms with Crippen LogP contribution in [0.2, 0.25) is 0 Å². The Morgan fingerprint density at radius 2 is 2.00 bits per heavy atom. The maximum atomic E-state index is 11.0. The molecule has 1 heterocycles. The van der Waals surface area contributed by atoms with Crippen molar-refractivity contribution in [3.8, 4) is 0 Å². The molecule has 1 aromatic carbocycles. The maximum Gasteiger partial charge on any atom is 0.337 e. The normalized spacial score (nSPS) is 10.2. The number of anilines is 2. The van der Waals surface area contributed by atoms with Crippen LogP contribution in [0, 0.1) is 0 Å². The first-order valence-electron chi connectivity index (χ1n) is 5.81. The molecule has 1 aromatic heterocycles. The summed E-state index contributed by atoms with van der Waals surface area (Å²) in [5.41, 5.74) is 8.10. The number of nitrogens with zero attached hydrogens (tertiary/aromatic N) is 2. The summed E-state index contributed by atoms with van der Waals surface area (Å²) in [7, 11) is 1.87. The zero-order valence-corrected chi connectivity index (χ0v) is 10.6.